The van der Waals surface area contributed by atoms with Crippen molar-refractivity contribution in [3.8, 4) is 5.82 Å². The van der Waals surface area contributed by atoms with Gasteiger partial charge in [-0.3, -0.25) is 14.4 Å². The molecule has 7 nitrogen and oxygen atoms in total. The molecule has 37 heavy (non-hydrogen) atoms. The summed E-state index contributed by atoms with van der Waals surface area (Å²) in [4.78, 5) is 22.6. The second kappa shape index (κ2) is 11.1. The molecule has 0 N–H and O–H groups in total. The van der Waals surface area contributed by atoms with Gasteiger partial charge in [-0.2, -0.15) is 5.10 Å². The van der Waals surface area contributed by atoms with E-state index in [-0.39, 0.29) is 11.9 Å². The Balaban J connectivity index is 1.29. The van der Waals surface area contributed by atoms with E-state index in [0.717, 1.165) is 50.4 Å². The van der Waals surface area contributed by atoms with E-state index < -0.39 is 0 Å². The van der Waals surface area contributed by atoms with Crippen LogP contribution in [0.3, 0.4) is 0 Å². The van der Waals surface area contributed by atoms with E-state index in [1.165, 1.54) is 11.3 Å². The van der Waals surface area contributed by atoms with Crippen molar-refractivity contribution in [2.75, 3.05) is 20.1 Å². The van der Waals surface area contributed by atoms with E-state index in [1.807, 2.05) is 62.4 Å². The Morgan fingerprint density at radius 1 is 1.05 bits per heavy atom. The van der Waals surface area contributed by atoms with Crippen molar-refractivity contribution in [2.45, 2.75) is 38.8 Å². The highest BCUT2D eigenvalue weighted by atomic mass is 16.2. The monoisotopic (exact) mass is 496 g/mol. The average Bonchev–Trinajstić information content (AvgIpc) is 3.53. The second-order valence-electron chi connectivity index (χ2n) is 10.1. The molecule has 3 aromatic heterocycles. The van der Waals surface area contributed by atoms with E-state index in [2.05, 4.69) is 62.1 Å². The minimum atomic E-state index is 0.0413. The maximum atomic E-state index is 13.5. The zero-order valence-electron chi connectivity index (χ0n) is 22.0. The molecule has 0 aliphatic carbocycles. The predicted octanol–water partition coefficient (Wildman–Crippen LogP) is 4.51. The van der Waals surface area contributed by atoms with Gasteiger partial charge in [0.05, 0.1) is 5.69 Å². The summed E-state index contributed by atoms with van der Waals surface area (Å²) in [5.41, 5.74) is 4.02. The van der Waals surface area contributed by atoms with Gasteiger partial charge in [0.1, 0.15) is 11.5 Å². The number of nitrogens with zero attached hydrogens (tertiary/aromatic N) is 6. The van der Waals surface area contributed by atoms with Crippen LogP contribution in [0.15, 0.2) is 79.1 Å². The second-order valence-corrected chi connectivity index (χ2v) is 10.1. The van der Waals surface area contributed by atoms with Crippen molar-refractivity contribution < 1.29 is 4.79 Å². The fourth-order valence-electron chi connectivity index (χ4n) is 5.61. The molecule has 1 atom stereocenters. The first-order valence-corrected chi connectivity index (χ1v) is 13.1. The van der Waals surface area contributed by atoms with Gasteiger partial charge in [-0.15, -0.1) is 0 Å². The minimum absolute atomic E-state index is 0.0413. The number of piperidine rings is 1. The zero-order valence-corrected chi connectivity index (χ0v) is 22.0. The number of hydrogen-bond donors (Lipinski definition) is 0. The van der Waals surface area contributed by atoms with Crippen LogP contribution < -0.4 is 0 Å². The number of likely N-dealkylation sites (tertiary alicyclic amines) is 1. The van der Waals surface area contributed by atoms with Crippen LogP contribution in [0.4, 0.5) is 0 Å². The first-order chi connectivity index (χ1) is 18.0. The molecule has 7 heteroatoms. The molecule has 0 radical (unpaired) electrons. The predicted molar refractivity (Wildman–Crippen MR) is 146 cm³/mol. The van der Waals surface area contributed by atoms with Crippen molar-refractivity contribution in [1.82, 2.24) is 29.1 Å². The number of carbonyl (C=O) groups excluding carboxylic acids is 1. The van der Waals surface area contributed by atoms with Gasteiger partial charge < -0.3 is 9.47 Å². The molecule has 0 spiro atoms. The molecule has 4 aromatic rings. The van der Waals surface area contributed by atoms with Crippen molar-refractivity contribution >= 4 is 5.91 Å². The Bertz CT molecular complexity index is 1300. The molecule has 1 amide bonds. The summed E-state index contributed by atoms with van der Waals surface area (Å²) in [6.07, 6.45) is 6.89. The number of benzene rings is 1. The van der Waals surface area contributed by atoms with Crippen LogP contribution in [0, 0.1) is 12.8 Å². The van der Waals surface area contributed by atoms with E-state index >= 15 is 0 Å². The quantitative estimate of drug-likeness (QED) is 0.360. The van der Waals surface area contributed by atoms with Crippen LogP contribution in [-0.2, 0) is 20.0 Å². The van der Waals surface area contributed by atoms with Gasteiger partial charge in [0.15, 0.2) is 0 Å². The molecule has 1 saturated heterocycles. The molecule has 0 bridgehead atoms. The number of amides is 1. The lowest BCUT2D eigenvalue weighted by Crippen LogP contribution is -2.47. The van der Waals surface area contributed by atoms with Gasteiger partial charge in [-0.1, -0.05) is 36.4 Å². The molecule has 192 valence electrons. The maximum absolute atomic E-state index is 13.5. The number of likely N-dealkylation sites (N-methyl/N-ethyl adjacent to an activating group) is 1. The van der Waals surface area contributed by atoms with Crippen LogP contribution in [0.25, 0.3) is 5.82 Å². The lowest BCUT2D eigenvalue weighted by atomic mass is 9.84. The largest absolute Gasteiger partial charge is 0.337 e. The first-order valence-electron chi connectivity index (χ1n) is 13.1. The van der Waals surface area contributed by atoms with Gasteiger partial charge >= 0.3 is 0 Å². The number of hydrogen-bond acceptors (Lipinski definition) is 4. The third kappa shape index (κ3) is 5.67. The van der Waals surface area contributed by atoms with Gasteiger partial charge in [0, 0.05) is 44.8 Å². The van der Waals surface area contributed by atoms with Crippen LogP contribution in [0.5, 0.6) is 0 Å². The van der Waals surface area contributed by atoms with Crippen LogP contribution in [0.2, 0.25) is 0 Å². The van der Waals surface area contributed by atoms with E-state index in [9.17, 15) is 4.79 Å². The SMILES string of the molecule is Cc1cc(C(=O)N(C)[C@H](Cc2ccccc2)C2CCN(Cc3cccn3-c3ccccn3)CC2)n(C)n1. The summed E-state index contributed by atoms with van der Waals surface area (Å²) in [7, 11) is 3.81. The summed E-state index contributed by atoms with van der Waals surface area (Å²) in [6, 6.07) is 22.8. The van der Waals surface area contributed by atoms with E-state index in [1.54, 1.807) is 4.68 Å². The molecule has 1 fully saturated rings. The number of carbonyl (C=O) groups is 1. The van der Waals surface area contributed by atoms with Crippen molar-refractivity contribution in [3.05, 3.63) is 102 Å². The topological polar surface area (TPSA) is 59.2 Å². The van der Waals surface area contributed by atoms with Gasteiger partial charge in [0.25, 0.3) is 5.91 Å². The van der Waals surface area contributed by atoms with Crippen molar-refractivity contribution in [2.24, 2.45) is 13.0 Å². The number of pyridine rings is 1. The Kier molecular flexibility index (Phi) is 7.51. The van der Waals surface area contributed by atoms with Crippen LogP contribution >= 0.6 is 0 Å². The minimum Gasteiger partial charge on any atom is -0.337 e. The van der Waals surface area contributed by atoms with Crippen LogP contribution in [0.1, 0.15) is 40.3 Å². The normalized spacial score (nSPS) is 15.5. The molecule has 0 unspecified atom stereocenters. The Morgan fingerprint density at radius 3 is 2.49 bits per heavy atom. The highest BCUT2D eigenvalue weighted by Crippen LogP contribution is 2.28. The fraction of sp³-hybridized carbons (Fsp3) is 0.367. The highest BCUT2D eigenvalue weighted by Gasteiger charge is 2.33. The summed E-state index contributed by atoms with van der Waals surface area (Å²) in [6.45, 7) is 4.84. The molecule has 4 heterocycles. The van der Waals surface area contributed by atoms with Gasteiger partial charge in [-0.25, -0.2) is 4.98 Å². The lowest BCUT2D eigenvalue weighted by Gasteiger charge is -2.40. The standard InChI is InChI=1S/C30H36N6O/c1-23-20-28(34(3)32-23)30(37)33(2)27(21-24-10-5-4-6-11-24)25-14-18-35(19-15-25)22-26-12-9-17-36(26)29-13-7-8-16-31-29/h4-13,16-17,20,25,27H,14-15,18-19,21-22H2,1-3H3/t27-/m1/s1. The number of aromatic nitrogens is 4. The number of rotatable bonds is 8. The smallest absolute Gasteiger partial charge is 0.272 e. The lowest BCUT2D eigenvalue weighted by molar-refractivity contribution is 0.0573. The van der Waals surface area contributed by atoms with Gasteiger partial charge in [0.2, 0.25) is 0 Å². The number of aryl methyl sites for hydroxylation is 2. The zero-order chi connectivity index (χ0) is 25.8. The molecule has 5 rings (SSSR count). The Labute approximate surface area is 219 Å². The molecule has 1 aromatic carbocycles. The third-order valence-corrected chi connectivity index (χ3v) is 7.62. The summed E-state index contributed by atoms with van der Waals surface area (Å²) in [5.74, 6) is 1.42. The van der Waals surface area contributed by atoms with Crippen LogP contribution in [-0.4, -0.2) is 61.2 Å². The fourth-order valence-corrected chi connectivity index (χ4v) is 5.61. The summed E-state index contributed by atoms with van der Waals surface area (Å²) >= 11 is 0. The molecular formula is C30H36N6O. The van der Waals surface area contributed by atoms with E-state index in [0.29, 0.717) is 11.6 Å². The van der Waals surface area contributed by atoms with Crippen molar-refractivity contribution in [3.63, 3.8) is 0 Å². The first kappa shape index (κ1) is 25.0. The highest BCUT2D eigenvalue weighted by molar-refractivity contribution is 5.92. The maximum Gasteiger partial charge on any atom is 0.272 e. The molecule has 1 aliphatic heterocycles. The third-order valence-electron chi connectivity index (χ3n) is 7.62. The Hall–Kier alpha value is -3.71. The molecule has 0 saturated carbocycles. The van der Waals surface area contributed by atoms with Crippen molar-refractivity contribution in [1.29, 1.82) is 0 Å². The van der Waals surface area contributed by atoms with E-state index in [4.69, 9.17) is 0 Å². The van der Waals surface area contributed by atoms with Gasteiger partial charge in [-0.05, 0) is 81.1 Å². The summed E-state index contributed by atoms with van der Waals surface area (Å²) in [5, 5.41) is 4.40. The molecular weight excluding hydrogens is 460 g/mol. The average molecular weight is 497 g/mol. The molecule has 1 aliphatic rings. The Morgan fingerprint density at radius 2 is 1.81 bits per heavy atom. The summed E-state index contributed by atoms with van der Waals surface area (Å²) < 4.78 is 3.87.